The number of halogens is 2. The van der Waals surface area contributed by atoms with E-state index in [1.807, 2.05) is 24.3 Å². The number of benzene rings is 1. The lowest BCUT2D eigenvalue weighted by Crippen LogP contribution is -2.38. The summed E-state index contributed by atoms with van der Waals surface area (Å²) in [7, 11) is 0. The Labute approximate surface area is 158 Å². The Bertz CT molecular complexity index is 513. The van der Waals surface area contributed by atoms with Crippen LogP contribution in [-0.4, -0.2) is 43.4 Å². The smallest absolute Gasteiger partial charge is 0.162 e. The van der Waals surface area contributed by atoms with Crippen molar-refractivity contribution in [3.05, 3.63) is 35.4 Å². The first-order valence-corrected chi connectivity index (χ1v) is 8.70. The molecule has 0 saturated carbocycles. The van der Waals surface area contributed by atoms with Crippen LogP contribution in [0.1, 0.15) is 48.0 Å². The van der Waals surface area contributed by atoms with Gasteiger partial charge in [-0.15, -0.1) is 24.8 Å². The van der Waals surface area contributed by atoms with E-state index in [-0.39, 0.29) is 30.6 Å². The van der Waals surface area contributed by atoms with Crippen LogP contribution >= 0.6 is 24.8 Å². The van der Waals surface area contributed by atoms with Gasteiger partial charge in [-0.05, 0) is 64.2 Å². The van der Waals surface area contributed by atoms with Crippen molar-refractivity contribution in [1.82, 2.24) is 10.2 Å². The molecule has 5 heteroatoms. The average Bonchev–Trinajstić information content (AvgIpc) is 2.91. The third-order valence-electron chi connectivity index (χ3n) is 5.43. The van der Waals surface area contributed by atoms with Gasteiger partial charge in [0.2, 0.25) is 0 Å². The van der Waals surface area contributed by atoms with E-state index < -0.39 is 0 Å². The molecule has 0 bridgehead atoms. The van der Waals surface area contributed by atoms with Gasteiger partial charge in [0.05, 0.1) is 0 Å². The molecule has 0 aromatic heterocycles. The topological polar surface area (TPSA) is 32.3 Å². The van der Waals surface area contributed by atoms with Crippen molar-refractivity contribution < 1.29 is 4.79 Å². The van der Waals surface area contributed by atoms with E-state index in [0.29, 0.717) is 11.8 Å². The summed E-state index contributed by atoms with van der Waals surface area (Å²) in [6.45, 7) is 7.96. The molecule has 2 aliphatic heterocycles. The summed E-state index contributed by atoms with van der Waals surface area (Å²) < 4.78 is 0. The van der Waals surface area contributed by atoms with E-state index in [1.54, 1.807) is 0 Å². The predicted molar refractivity (Wildman–Crippen MR) is 105 cm³/mol. The summed E-state index contributed by atoms with van der Waals surface area (Å²) in [5.41, 5.74) is 2.65. The zero-order chi connectivity index (χ0) is 15.4. The lowest BCUT2D eigenvalue weighted by Gasteiger charge is -2.33. The lowest BCUT2D eigenvalue weighted by molar-refractivity contribution is 0.0975. The fourth-order valence-corrected chi connectivity index (χ4v) is 3.93. The average molecular weight is 373 g/mol. The fraction of sp³-hybridized carbons (Fsp3) is 0.632. The van der Waals surface area contributed by atoms with Crippen LogP contribution in [0, 0.1) is 12.3 Å². The van der Waals surface area contributed by atoms with Crippen molar-refractivity contribution >= 4 is 30.6 Å². The molecule has 0 aliphatic carbocycles. The number of hydrogen-bond acceptors (Lipinski definition) is 3. The zero-order valence-electron chi connectivity index (χ0n) is 14.6. The number of ketones is 1. The number of nitrogens with zero attached hydrogens (tertiary/aromatic N) is 1. The molecule has 1 aromatic carbocycles. The van der Waals surface area contributed by atoms with Gasteiger partial charge in [-0.2, -0.15) is 0 Å². The predicted octanol–water partition coefficient (Wildman–Crippen LogP) is 3.88. The van der Waals surface area contributed by atoms with Gasteiger partial charge in [-0.25, -0.2) is 0 Å². The minimum absolute atomic E-state index is 0. The number of aryl methyl sites for hydroxylation is 1. The number of carbonyl (C=O) groups excluding carboxylic acids is 1. The second-order valence-electron chi connectivity index (χ2n) is 7.17. The Hall–Kier alpha value is -0.610. The molecule has 1 N–H and O–H groups in total. The number of nitrogens with one attached hydrogen (secondary N) is 1. The Morgan fingerprint density at radius 3 is 2.46 bits per heavy atom. The van der Waals surface area contributed by atoms with Crippen LogP contribution in [0.2, 0.25) is 0 Å². The largest absolute Gasteiger partial charge is 0.317 e. The summed E-state index contributed by atoms with van der Waals surface area (Å²) in [5, 5.41) is 3.47. The van der Waals surface area contributed by atoms with Crippen molar-refractivity contribution in [3.63, 3.8) is 0 Å². The molecule has 0 unspecified atom stereocenters. The molecule has 2 saturated heterocycles. The van der Waals surface area contributed by atoms with Gasteiger partial charge in [0.15, 0.2) is 5.78 Å². The SMILES string of the molecule is Cc1ccc(C(=O)CCCN2CCC3(CCNCC3)C2)cc1.Cl.Cl. The third kappa shape index (κ3) is 5.45. The van der Waals surface area contributed by atoms with Crippen LogP contribution in [-0.2, 0) is 0 Å². The van der Waals surface area contributed by atoms with Crippen LogP contribution in [0.25, 0.3) is 0 Å². The van der Waals surface area contributed by atoms with Gasteiger partial charge < -0.3 is 10.2 Å². The van der Waals surface area contributed by atoms with Crippen LogP contribution in [0.15, 0.2) is 24.3 Å². The van der Waals surface area contributed by atoms with Gasteiger partial charge in [0.25, 0.3) is 0 Å². The molecule has 2 fully saturated rings. The lowest BCUT2D eigenvalue weighted by atomic mass is 9.78. The normalized spacial score (nSPS) is 19.5. The summed E-state index contributed by atoms with van der Waals surface area (Å²) in [4.78, 5) is 14.8. The second-order valence-corrected chi connectivity index (χ2v) is 7.17. The maximum atomic E-state index is 12.2. The van der Waals surface area contributed by atoms with Gasteiger partial charge in [-0.1, -0.05) is 29.8 Å². The summed E-state index contributed by atoms with van der Waals surface area (Å²) in [6, 6.07) is 7.96. The summed E-state index contributed by atoms with van der Waals surface area (Å²) in [5.74, 6) is 0.288. The standard InChI is InChI=1S/C19H28N2O.2ClH/c1-16-4-6-17(7-5-16)18(22)3-2-13-21-14-10-19(15-21)8-11-20-12-9-19;;/h4-7,20H,2-3,8-15H2,1H3;2*1H. The molecule has 0 radical (unpaired) electrons. The Balaban J connectivity index is 0.00000144. The maximum absolute atomic E-state index is 12.2. The highest BCUT2D eigenvalue weighted by atomic mass is 35.5. The van der Waals surface area contributed by atoms with Crippen molar-refractivity contribution in [2.75, 3.05) is 32.7 Å². The van der Waals surface area contributed by atoms with Crippen LogP contribution in [0.3, 0.4) is 0 Å². The number of Topliss-reactive ketones (excluding diaryl/α,β-unsaturated/α-hetero) is 1. The third-order valence-corrected chi connectivity index (χ3v) is 5.43. The van der Waals surface area contributed by atoms with Crippen LogP contribution in [0.5, 0.6) is 0 Å². The number of rotatable bonds is 5. The first-order chi connectivity index (χ1) is 10.7. The van der Waals surface area contributed by atoms with Crippen molar-refractivity contribution in [1.29, 1.82) is 0 Å². The first kappa shape index (κ1) is 21.4. The second kappa shape index (κ2) is 9.76. The van der Waals surface area contributed by atoms with Gasteiger partial charge in [-0.3, -0.25) is 4.79 Å². The number of hydrogen-bond donors (Lipinski definition) is 1. The quantitative estimate of drug-likeness (QED) is 0.795. The molecular weight excluding hydrogens is 343 g/mol. The molecule has 0 amide bonds. The molecule has 24 heavy (non-hydrogen) atoms. The molecule has 1 aromatic rings. The van der Waals surface area contributed by atoms with Gasteiger partial charge >= 0.3 is 0 Å². The number of carbonyl (C=O) groups is 1. The number of piperidine rings is 1. The summed E-state index contributed by atoms with van der Waals surface area (Å²) >= 11 is 0. The molecule has 2 aliphatic rings. The molecular formula is C19H30Cl2N2O. The van der Waals surface area contributed by atoms with Gasteiger partial charge in [0, 0.05) is 18.5 Å². The highest BCUT2D eigenvalue weighted by molar-refractivity contribution is 5.96. The van der Waals surface area contributed by atoms with Gasteiger partial charge in [0.1, 0.15) is 0 Å². The zero-order valence-corrected chi connectivity index (χ0v) is 16.2. The summed E-state index contributed by atoms with van der Waals surface area (Å²) in [6.07, 6.45) is 5.66. The molecule has 2 heterocycles. The minimum atomic E-state index is 0. The van der Waals surface area contributed by atoms with E-state index in [4.69, 9.17) is 0 Å². The van der Waals surface area contributed by atoms with E-state index in [1.165, 1.54) is 51.0 Å². The first-order valence-electron chi connectivity index (χ1n) is 8.70. The molecule has 3 nitrogen and oxygen atoms in total. The van der Waals surface area contributed by atoms with Crippen LogP contribution in [0.4, 0.5) is 0 Å². The van der Waals surface area contributed by atoms with Crippen LogP contribution < -0.4 is 5.32 Å². The Kier molecular flexibility index (Phi) is 8.72. The minimum Gasteiger partial charge on any atom is -0.317 e. The fourth-order valence-electron chi connectivity index (χ4n) is 3.93. The molecule has 3 rings (SSSR count). The van der Waals surface area contributed by atoms with Crippen molar-refractivity contribution in [2.24, 2.45) is 5.41 Å². The van der Waals surface area contributed by atoms with Crippen molar-refractivity contribution in [2.45, 2.75) is 39.0 Å². The Morgan fingerprint density at radius 1 is 1.12 bits per heavy atom. The van der Waals surface area contributed by atoms with E-state index in [0.717, 1.165) is 18.5 Å². The molecule has 136 valence electrons. The highest BCUT2D eigenvalue weighted by Gasteiger charge is 2.38. The molecule has 1 spiro atoms. The van der Waals surface area contributed by atoms with E-state index in [9.17, 15) is 4.79 Å². The maximum Gasteiger partial charge on any atom is 0.162 e. The molecule has 0 atom stereocenters. The van der Waals surface area contributed by atoms with E-state index in [2.05, 4.69) is 17.1 Å². The highest BCUT2D eigenvalue weighted by Crippen LogP contribution is 2.38. The van der Waals surface area contributed by atoms with E-state index >= 15 is 0 Å². The number of likely N-dealkylation sites (tertiary alicyclic amines) is 1. The monoisotopic (exact) mass is 372 g/mol. The Morgan fingerprint density at radius 2 is 1.79 bits per heavy atom. The van der Waals surface area contributed by atoms with Crippen molar-refractivity contribution in [3.8, 4) is 0 Å².